The number of hydrogen-bond acceptors (Lipinski definition) is 6. The quantitative estimate of drug-likeness (QED) is 0.369. The SMILES string of the molecule is COc1ccc(C)cc1NC(=O)C(OC(=O)c1nc(-c2ccccc2)oc1C)c1ccccc1. The van der Waals surface area contributed by atoms with Crippen LogP contribution >= 0.6 is 0 Å². The molecule has 0 fully saturated rings. The normalized spacial score (nSPS) is 11.5. The van der Waals surface area contributed by atoms with Crippen molar-refractivity contribution >= 4 is 17.6 Å². The number of esters is 1. The van der Waals surface area contributed by atoms with Gasteiger partial charge in [0.25, 0.3) is 5.91 Å². The number of benzene rings is 3. The number of carbonyl (C=O) groups is 2. The molecule has 1 atom stereocenters. The van der Waals surface area contributed by atoms with Crippen molar-refractivity contribution in [2.24, 2.45) is 0 Å². The maximum atomic E-state index is 13.3. The third-order valence-corrected chi connectivity index (χ3v) is 5.19. The molecule has 7 heteroatoms. The molecule has 34 heavy (non-hydrogen) atoms. The number of hydrogen-bond donors (Lipinski definition) is 1. The van der Waals surface area contributed by atoms with Crippen molar-refractivity contribution in [1.29, 1.82) is 0 Å². The van der Waals surface area contributed by atoms with Crippen molar-refractivity contribution in [3.8, 4) is 17.2 Å². The van der Waals surface area contributed by atoms with Crippen molar-refractivity contribution in [1.82, 2.24) is 4.98 Å². The molecule has 7 nitrogen and oxygen atoms in total. The van der Waals surface area contributed by atoms with Crippen molar-refractivity contribution in [2.45, 2.75) is 20.0 Å². The van der Waals surface area contributed by atoms with E-state index in [1.54, 1.807) is 43.3 Å². The summed E-state index contributed by atoms with van der Waals surface area (Å²) in [6.07, 6.45) is -1.21. The molecule has 0 saturated heterocycles. The van der Waals surface area contributed by atoms with Crippen molar-refractivity contribution in [3.63, 3.8) is 0 Å². The molecule has 1 N–H and O–H groups in total. The number of anilines is 1. The molecule has 0 bridgehead atoms. The molecule has 0 radical (unpaired) electrons. The lowest BCUT2D eigenvalue weighted by Gasteiger charge is -2.19. The van der Waals surface area contributed by atoms with Crippen LogP contribution in [-0.2, 0) is 9.53 Å². The second kappa shape index (κ2) is 10.0. The van der Waals surface area contributed by atoms with E-state index in [0.717, 1.165) is 11.1 Å². The van der Waals surface area contributed by atoms with Gasteiger partial charge in [-0.1, -0.05) is 54.6 Å². The highest BCUT2D eigenvalue weighted by Gasteiger charge is 2.29. The number of amides is 1. The minimum Gasteiger partial charge on any atom is -0.495 e. The number of nitrogens with zero attached hydrogens (tertiary/aromatic N) is 1. The molecule has 0 aliphatic heterocycles. The van der Waals surface area contributed by atoms with Crippen LogP contribution in [0.2, 0.25) is 0 Å². The Bertz CT molecular complexity index is 1300. The van der Waals surface area contributed by atoms with Gasteiger partial charge in [-0.15, -0.1) is 0 Å². The van der Waals surface area contributed by atoms with Gasteiger partial charge in [0.15, 0.2) is 5.69 Å². The number of oxazole rings is 1. The van der Waals surface area contributed by atoms with Crippen LogP contribution in [0.25, 0.3) is 11.5 Å². The molecule has 1 unspecified atom stereocenters. The fourth-order valence-corrected chi connectivity index (χ4v) is 3.47. The van der Waals surface area contributed by atoms with Crippen LogP contribution in [0, 0.1) is 13.8 Å². The monoisotopic (exact) mass is 456 g/mol. The lowest BCUT2D eigenvalue weighted by Crippen LogP contribution is -2.26. The second-order valence-electron chi connectivity index (χ2n) is 7.68. The first kappa shape index (κ1) is 22.8. The first-order chi connectivity index (χ1) is 16.5. The predicted octanol–water partition coefficient (Wildman–Crippen LogP) is 5.50. The third kappa shape index (κ3) is 4.99. The van der Waals surface area contributed by atoms with Gasteiger partial charge in [-0.05, 0) is 43.7 Å². The number of aromatic nitrogens is 1. The number of ether oxygens (including phenoxy) is 2. The van der Waals surface area contributed by atoms with Gasteiger partial charge >= 0.3 is 5.97 Å². The molecule has 0 spiro atoms. The Morgan fingerprint density at radius 1 is 0.941 bits per heavy atom. The average Bonchev–Trinajstić information content (AvgIpc) is 3.25. The summed E-state index contributed by atoms with van der Waals surface area (Å²) < 4.78 is 16.7. The molecule has 0 saturated carbocycles. The van der Waals surface area contributed by atoms with Crippen molar-refractivity contribution < 1.29 is 23.5 Å². The zero-order chi connectivity index (χ0) is 24.1. The number of nitrogens with one attached hydrogen (secondary N) is 1. The first-order valence-electron chi connectivity index (χ1n) is 10.7. The molecule has 1 heterocycles. The van der Waals surface area contributed by atoms with E-state index in [1.807, 2.05) is 49.4 Å². The summed E-state index contributed by atoms with van der Waals surface area (Å²) in [6, 6.07) is 23.4. The Kier molecular flexibility index (Phi) is 6.73. The van der Waals surface area contributed by atoms with Crippen LogP contribution in [0.4, 0.5) is 5.69 Å². The van der Waals surface area contributed by atoms with Crippen molar-refractivity contribution in [3.05, 3.63) is 101 Å². The van der Waals surface area contributed by atoms with Crippen LogP contribution in [-0.4, -0.2) is 24.0 Å². The van der Waals surface area contributed by atoms with Crippen LogP contribution < -0.4 is 10.1 Å². The van der Waals surface area contributed by atoms with E-state index in [0.29, 0.717) is 28.7 Å². The summed E-state index contributed by atoms with van der Waals surface area (Å²) in [6.45, 7) is 3.53. The van der Waals surface area contributed by atoms with Crippen molar-refractivity contribution in [2.75, 3.05) is 12.4 Å². The van der Waals surface area contributed by atoms with E-state index in [4.69, 9.17) is 13.9 Å². The maximum Gasteiger partial charge on any atom is 0.361 e. The lowest BCUT2D eigenvalue weighted by molar-refractivity contribution is -0.125. The number of aryl methyl sites for hydroxylation is 2. The molecular weight excluding hydrogens is 432 g/mol. The highest BCUT2D eigenvalue weighted by Crippen LogP contribution is 2.29. The lowest BCUT2D eigenvalue weighted by atomic mass is 10.1. The summed E-state index contributed by atoms with van der Waals surface area (Å²) >= 11 is 0. The Hall–Kier alpha value is -4.39. The minimum absolute atomic E-state index is 0.0146. The molecule has 4 aromatic rings. The smallest absolute Gasteiger partial charge is 0.361 e. The summed E-state index contributed by atoms with van der Waals surface area (Å²) in [7, 11) is 1.52. The highest BCUT2D eigenvalue weighted by atomic mass is 16.5. The van der Waals surface area contributed by atoms with Gasteiger partial charge in [-0.3, -0.25) is 4.79 Å². The van der Waals surface area contributed by atoms with E-state index in [-0.39, 0.29) is 5.69 Å². The van der Waals surface area contributed by atoms with Gasteiger partial charge in [-0.25, -0.2) is 9.78 Å². The van der Waals surface area contributed by atoms with E-state index < -0.39 is 18.0 Å². The van der Waals surface area contributed by atoms with E-state index in [1.165, 1.54) is 7.11 Å². The molecule has 3 aromatic carbocycles. The Morgan fingerprint density at radius 3 is 2.29 bits per heavy atom. The average molecular weight is 456 g/mol. The van der Waals surface area contributed by atoms with Crippen LogP contribution in [0.1, 0.15) is 33.5 Å². The number of methoxy groups -OCH3 is 1. The third-order valence-electron chi connectivity index (χ3n) is 5.19. The number of carbonyl (C=O) groups excluding carboxylic acids is 2. The van der Waals surface area contributed by atoms with Gasteiger partial charge in [0.05, 0.1) is 12.8 Å². The summed E-state index contributed by atoms with van der Waals surface area (Å²) in [5.74, 6) is -0.180. The second-order valence-corrected chi connectivity index (χ2v) is 7.68. The minimum atomic E-state index is -1.21. The fraction of sp³-hybridized carbons (Fsp3) is 0.148. The maximum absolute atomic E-state index is 13.3. The predicted molar refractivity (Wildman–Crippen MR) is 128 cm³/mol. The molecule has 4 rings (SSSR count). The standard InChI is InChI=1S/C27H24N2O5/c1-17-14-15-22(32-3)21(16-17)28-25(30)24(19-10-6-4-7-11-19)34-27(31)23-18(2)33-26(29-23)20-12-8-5-9-13-20/h4-16,24H,1-3H3,(H,28,30). The Morgan fingerprint density at radius 2 is 1.62 bits per heavy atom. The van der Waals surface area contributed by atoms with E-state index in [2.05, 4.69) is 10.3 Å². The molecule has 1 aromatic heterocycles. The van der Waals surface area contributed by atoms with Crippen LogP contribution in [0.5, 0.6) is 5.75 Å². The van der Waals surface area contributed by atoms with Gasteiger partial charge in [0.2, 0.25) is 12.0 Å². The van der Waals surface area contributed by atoms with Gasteiger partial charge in [0, 0.05) is 11.1 Å². The van der Waals surface area contributed by atoms with Crippen LogP contribution in [0.3, 0.4) is 0 Å². The molecule has 172 valence electrons. The fourth-order valence-electron chi connectivity index (χ4n) is 3.47. The first-order valence-corrected chi connectivity index (χ1v) is 10.7. The van der Waals surface area contributed by atoms with E-state index >= 15 is 0 Å². The molecule has 0 aliphatic rings. The molecule has 1 amide bonds. The van der Waals surface area contributed by atoms with Gasteiger partial charge in [-0.2, -0.15) is 0 Å². The summed E-state index contributed by atoms with van der Waals surface area (Å²) in [5, 5.41) is 2.82. The van der Waals surface area contributed by atoms with Gasteiger partial charge < -0.3 is 19.2 Å². The van der Waals surface area contributed by atoms with E-state index in [9.17, 15) is 9.59 Å². The number of rotatable bonds is 7. The Labute approximate surface area is 197 Å². The molecule has 0 aliphatic carbocycles. The highest BCUT2D eigenvalue weighted by molar-refractivity contribution is 5.99. The summed E-state index contributed by atoms with van der Waals surface area (Å²) in [5.41, 5.74) is 2.68. The topological polar surface area (TPSA) is 90.7 Å². The molecular formula is C27H24N2O5. The largest absolute Gasteiger partial charge is 0.495 e. The van der Waals surface area contributed by atoms with Crippen LogP contribution in [0.15, 0.2) is 83.3 Å². The zero-order valence-electron chi connectivity index (χ0n) is 19.1. The Balaban J connectivity index is 1.62. The zero-order valence-corrected chi connectivity index (χ0v) is 19.1. The van der Waals surface area contributed by atoms with Gasteiger partial charge in [0.1, 0.15) is 11.5 Å². The summed E-state index contributed by atoms with van der Waals surface area (Å²) in [4.78, 5) is 30.7.